The SMILES string of the molecule is CC1CC(c2nnc(C(Cl)c3ccccc3)o2)CO1. The zero-order valence-corrected chi connectivity index (χ0v) is 11.4. The molecule has 0 bridgehead atoms. The molecule has 0 aliphatic carbocycles. The highest BCUT2D eigenvalue weighted by Crippen LogP contribution is 2.32. The van der Waals surface area contributed by atoms with Gasteiger partial charge in [0.1, 0.15) is 5.38 Å². The first kappa shape index (κ1) is 12.6. The molecule has 100 valence electrons. The molecule has 0 saturated carbocycles. The van der Waals surface area contributed by atoms with E-state index in [1.807, 2.05) is 37.3 Å². The Hall–Kier alpha value is -1.39. The molecule has 0 amide bonds. The van der Waals surface area contributed by atoms with Crippen LogP contribution in [0.3, 0.4) is 0 Å². The highest BCUT2D eigenvalue weighted by Gasteiger charge is 2.29. The molecular weight excluding hydrogens is 264 g/mol. The smallest absolute Gasteiger partial charge is 0.238 e. The Kier molecular flexibility index (Phi) is 3.53. The lowest BCUT2D eigenvalue weighted by atomic mass is 10.1. The van der Waals surface area contributed by atoms with E-state index in [2.05, 4.69) is 10.2 Å². The molecule has 19 heavy (non-hydrogen) atoms. The van der Waals surface area contributed by atoms with Crippen LogP contribution < -0.4 is 0 Å². The average Bonchev–Trinajstić information content (AvgIpc) is 3.07. The Morgan fingerprint density at radius 1 is 1.26 bits per heavy atom. The molecule has 0 radical (unpaired) electrons. The van der Waals surface area contributed by atoms with Crippen LogP contribution >= 0.6 is 11.6 Å². The van der Waals surface area contributed by atoms with Crippen LogP contribution in [0.4, 0.5) is 0 Å². The highest BCUT2D eigenvalue weighted by atomic mass is 35.5. The fourth-order valence-electron chi connectivity index (χ4n) is 2.27. The van der Waals surface area contributed by atoms with E-state index in [1.165, 1.54) is 0 Å². The summed E-state index contributed by atoms with van der Waals surface area (Å²) in [7, 11) is 0. The van der Waals surface area contributed by atoms with Gasteiger partial charge in [-0.1, -0.05) is 30.3 Å². The minimum absolute atomic E-state index is 0.191. The van der Waals surface area contributed by atoms with Crippen molar-refractivity contribution in [2.75, 3.05) is 6.61 Å². The summed E-state index contributed by atoms with van der Waals surface area (Å²) in [5.41, 5.74) is 0.954. The van der Waals surface area contributed by atoms with Crippen molar-refractivity contribution in [1.29, 1.82) is 0 Å². The molecule has 1 aromatic heterocycles. The van der Waals surface area contributed by atoms with Crippen LogP contribution in [-0.4, -0.2) is 22.9 Å². The van der Waals surface area contributed by atoms with Gasteiger partial charge < -0.3 is 9.15 Å². The number of rotatable bonds is 3. The van der Waals surface area contributed by atoms with Crippen molar-refractivity contribution in [2.24, 2.45) is 0 Å². The van der Waals surface area contributed by atoms with Gasteiger partial charge in [0.2, 0.25) is 11.8 Å². The largest absolute Gasteiger partial charge is 0.423 e. The molecule has 1 aromatic carbocycles. The topological polar surface area (TPSA) is 48.2 Å². The predicted molar refractivity (Wildman–Crippen MR) is 71.2 cm³/mol. The van der Waals surface area contributed by atoms with Crippen LogP contribution in [0, 0.1) is 0 Å². The molecule has 2 heterocycles. The molecule has 2 aromatic rings. The van der Waals surface area contributed by atoms with Crippen molar-refractivity contribution in [2.45, 2.75) is 30.7 Å². The molecule has 4 nitrogen and oxygen atoms in total. The summed E-state index contributed by atoms with van der Waals surface area (Å²) in [5, 5.41) is 7.76. The van der Waals surface area contributed by atoms with Gasteiger partial charge in [-0.15, -0.1) is 21.8 Å². The van der Waals surface area contributed by atoms with Crippen molar-refractivity contribution in [3.8, 4) is 0 Å². The van der Waals surface area contributed by atoms with Gasteiger partial charge in [0.15, 0.2) is 0 Å². The quantitative estimate of drug-likeness (QED) is 0.809. The third-order valence-electron chi connectivity index (χ3n) is 3.31. The van der Waals surface area contributed by atoms with Crippen molar-refractivity contribution in [3.63, 3.8) is 0 Å². The highest BCUT2D eigenvalue weighted by molar-refractivity contribution is 6.22. The lowest BCUT2D eigenvalue weighted by Crippen LogP contribution is -1.98. The number of nitrogens with zero attached hydrogens (tertiary/aromatic N) is 2. The number of aromatic nitrogens is 2. The molecule has 3 rings (SSSR count). The molecule has 0 spiro atoms. The van der Waals surface area contributed by atoms with Gasteiger partial charge in [0, 0.05) is 0 Å². The summed E-state index contributed by atoms with van der Waals surface area (Å²) in [6.07, 6.45) is 1.17. The molecule has 0 N–H and O–H groups in total. The third-order valence-corrected chi connectivity index (χ3v) is 3.75. The molecule has 1 aliphatic heterocycles. The van der Waals surface area contributed by atoms with E-state index >= 15 is 0 Å². The maximum atomic E-state index is 6.35. The minimum atomic E-state index is -0.401. The summed E-state index contributed by atoms with van der Waals surface area (Å²) in [5.74, 6) is 1.26. The number of halogens is 1. The number of hydrogen-bond donors (Lipinski definition) is 0. The van der Waals surface area contributed by atoms with Gasteiger partial charge >= 0.3 is 0 Å². The second-order valence-corrected chi connectivity index (χ2v) is 5.26. The van der Waals surface area contributed by atoms with Crippen LogP contribution in [0.1, 0.15) is 42.0 Å². The lowest BCUT2D eigenvalue weighted by Gasteiger charge is -2.04. The number of ether oxygens (including phenoxy) is 1. The molecule has 3 atom stereocenters. The Bertz CT molecular complexity index is 543. The zero-order valence-electron chi connectivity index (χ0n) is 10.6. The fourth-order valence-corrected chi connectivity index (χ4v) is 2.50. The van der Waals surface area contributed by atoms with Crippen molar-refractivity contribution >= 4 is 11.6 Å². The predicted octanol–water partition coefficient (Wildman–Crippen LogP) is 3.29. The standard InChI is InChI=1S/C14H15ClN2O2/c1-9-7-11(8-18-9)13-16-17-14(19-13)12(15)10-5-3-2-4-6-10/h2-6,9,11-12H,7-8H2,1H3. The van der Waals surface area contributed by atoms with Crippen LogP contribution in [0.5, 0.6) is 0 Å². The zero-order chi connectivity index (χ0) is 13.2. The van der Waals surface area contributed by atoms with Crippen LogP contribution in [0.25, 0.3) is 0 Å². The van der Waals surface area contributed by atoms with E-state index in [4.69, 9.17) is 20.8 Å². The first-order chi connectivity index (χ1) is 9.24. The number of hydrogen-bond acceptors (Lipinski definition) is 4. The van der Waals surface area contributed by atoms with Crippen molar-refractivity contribution in [1.82, 2.24) is 10.2 Å². The molecular formula is C14H15ClN2O2. The molecule has 1 aliphatic rings. The summed E-state index contributed by atoms with van der Waals surface area (Å²) in [4.78, 5) is 0. The van der Waals surface area contributed by atoms with Gasteiger partial charge in [-0.25, -0.2) is 0 Å². The van der Waals surface area contributed by atoms with E-state index in [1.54, 1.807) is 0 Å². The molecule has 1 fully saturated rings. The number of alkyl halides is 1. The molecule has 5 heteroatoms. The summed E-state index contributed by atoms with van der Waals surface area (Å²) >= 11 is 6.35. The first-order valence-electron chi connectivity index (χ1n) is 6.38. The second kappa shape index (κ2) is 5.31. The third kappa shape index (κ3) is 2.65. The minimum Gasteiger partial charge on any atom is -0.423 e. The molecule has 1 saturated heterocycles. The van der Waals surface area contributed by atoms with Crippen LogP contribution in [0.2, 0.25) is 0 Å². The number of benzene rings is 1. The maximum absolute atomic E-state index is 6.35. The van der Waals surface area contributed by atoms with Crippen LogP contribution in [-0.2, 0) is 4.74 Å². The first-order valence-corrected chi connectivity index (χ1v) is 6.81. The van der Waals surface area contributed by atoms with E-state index in [9.17, 15) is 0 Å². The van der Waals surface area contributed by atoms with Crippen molar-refractivity contribution < 1.29 is 9.15 Å². The Morgan fingerprint density at radius 3 is 2.74 bits per heavy atom. The van der Waals surface area contributed by atoms with Gasteiger partial charge in [0.05, 0.1) is 18.6 Å². The summed E-state index contributed by atoms with van der Waals surface area (Å²) in [6, 6.07) is 9.72. The van der Waals surface area contributed by atoms with E-state index < -0.39 is 5.38 Å². The van der Waals surface area contributed by atoms with E-state index in [0.29, 0.717) is 18.4 Å². The van der Waals surface area contributed by atoms with Crippen molar-refractivity contribution in [3.05, 3.63) is 47.7 Å². The summed E-state index contributed by atoms with van der Waals surface area (Å²) < 4.78 is 11.2. The van der Waals surface area contributed by atoms with Gasteiger partial charge in [-0.2, -0.15) is 0 Å². The Morgan fingerprint density at radius 2 is 2.05 bits per heavy atom. The second-order valence-electron chi connectivity index (χ2n) is 4.83. The van der Waals surface area contributed by atoms with E-state index in [0.717, 1.165) is 12.0 Å². The average molecular weight is 279 g/mol. The van der Waals surface area contributed by atoms with Crippen LogP contribution in [0.15, 0.2) is 34.7 Å². The lowest BCUT2D eigenvalue weighted by molar-refractivity contribution is 0.122. The Labute approximate surface area is 116 Å². The normalized spacial score (nSPS) is 24.5. The monoisotopic (exact) mass is 278 g/mol. The van der Waals surface area contributed by atoms with Gasteiger partial charge in [0.25, 0.3) is 0 Å². The summed E-state index contributed by atoms with van der Waals surface area (Å²) in [6.45, 7) is 2.69. The Balaban J connectivity index is 1.78. The molecule has 3 unspecified atom stereocenters. The van der Waals surface area contributed by atoms with E-state index in [-0.39, 0.29) is 12.0 Å². The maximum Gasteiger partial charge on any atom is 0.238 e. The van der Waals surface area contributed by atoms with Gasteiger partial charge in [-0.05, 0) is 18.9 Å². The fraction of sp³-hybridized carbons (Fsp3) is 0.429. The van der Waals surface area contributed by atoms with Gasteiger partial charge in [-0.3, -0.25) is 0 Å².